The predicted octanol–water partition coefficient (Wildman–Crippen LogP) is -0.301. The SMILES string of the molecule is NN1CC2(CC2)C2(C1)OCCO2. The number of hydrogen-bond donors (Lipinski definition) is 1. The summed E-state index contributed by atoms with van der Waals surface area (Å²) in [5, 5.41) is 1.83. The lowest BCUT2D eigenvalue weighted by molar-refractivity contribution is -0.182. The highest BCUT2D eigenvalue weighted by Gasteiger charge is 2.67. The van der Waals surface area contributed by atoms with Crippen molar-refractivity contribution < 1.29 is 9.47 Å². The van der Waals surface area contributed by atoms with Gasteiger partial charge in [-0.1, -0.05) is 0 Å². The summed E-state index contributed by atoms with van der Waals surface area (Å²) in [6.07, 6.45) is 2.42. The molecule has 2 N–H and O–H groups in total. The molecule has 2 saturated heterocycles. The fourth-order valence-electron chi connectivity index (χ4n) is 2.54. The topological polar surface area (TPSA) is 47.7 Å². The largest absolute Gasteiger partial charge is 0.346 e. The average Bonchev–Trinajstić information content (AvgIpc) is 2.58. The van der Waals surface area contributed by atoms with Crippen LogP contribution in [-0.2, 0) is 9.47 Å². The quantitative estimate of drug-likeness (QED) is 0.507. The van der Waals surface area contributed by atoms with E-state index in [9.17, 15) is 0 Å². The van der Waals surface area contributed by atoms with Crippen molar-refractivity contribution in [3.63, 3.8) is 0 Å². The molecule has 2 spiro atoms. The van der Waals surface area contributed by atoms with Gasteiger partial charge in [-0.15, -0.1) is 0 Å². The molecule has 3 aliphatic rings. The Balaban J connectivity index is 1.92. The lowest BCUT2D eigenvalue weighted by Crippen LogP contribution is -2.41. The molecule has 3 rings (SSSR count). The Morgan fingerprint density at radius 2 is 1.75 bits per heavy atom. The Labute approximate surface area is 71.6 Å². The molecule has 3 fully saturated rings. The van der Waals surface area contributed by atoms with Crippen LogP contribution in [0, 0.1) is 5.41 Å². The van der Waals surface area contributed by atoms with Gasteiger partial charge in [0.15, 0.2) is 5.79 Å². The van der Waals surface area contributed by atoms with E-state index in [-0.39, 0.29) is 11.2 Å². The molecule has 1 aliphatic carbocycles. The Morgan fingerprint density at radius 3 is 2.33 bits per heavy atom. The highest BCUT2D eigenvalue weighted by Crippen LogP contribution is 2.60. The first-order chi connectivity index (χ1) is 5.77. The number of nitrogens with zero attached hydrogens (tertiary/aromatic N) is 1. The lowest BCUT2D eigenvalue weighted by Gasteiger charge is -2.27. The fraction of sp³-hybridized carbons (Fsp3) is 1.00. The number of hydrazine groups is 1. The maximum atomic E-state index is 5.78. The van der Waals surface area contributed by atoms with Gasteiger partial charge in [0, 0.05) is 12.0 Å². The molecule has 0 aromatic rings. The third kappa shape index (κ3) is 0.713. The van der Waals surface area contributed by atoms with E-state index in [1.807, 2.05) is 5.01 Å². The first kappa shape index (κ1) is 7.26. The van der Waals surface area contributed by atoms with Crippen LogP contribution in [0.3, 0.4) is 0 Å². The maximum Gasteiger partial charge on any atom is 0.189 e. The zero-order valence-corrected chi connectivity index (χ0v) is 7.08. The molecule has 2 heterocycles. The summed E-state index contributed by atoms with van der Waals surface area (Å²) >= 11 is 0. The van der Waals surface area contributed by atoms with E-state index >= 15 is 0 Å². The second kappa shape index (κ2) is 2.01. The van der Waals surface area contributed by atoms with Gasteiger partial charge in [0.2, 0.25) is 0 Å². The van der Waals surface area contributed by atoms with Crippen molar-refractivity contribution in [2.45, 2.75) is 18.6 Å². The van der Waals surface area contributed by atoms with Crippen molar-refractivity contribution in [2.24, 2.45) is 11.3 Å². The van der Waals surface area contributed by atoms with E-state index in [4.69, 9.17) is 15.3 Å². The summed E-state index contributed by atoms with van der Waals surface area (Å²) in [7, 11) is 0. The number of rotatable bonds is 0. The molecule has 12 heavy (non-hydrogen) atoms. The monoisotopic (exact) mass is 170 g/mol. The van der Waals surface area contributed by atoms with Crippen LogP contribution in [0.5, 0.6) is 0 Å². The minimum Gasteiger partial charge on any atom is -0.346 e. The van der Waals surface area contributed by atoms with Crippen LogP contribution in [0.4, 0.5) is 0 Å². The Bertz CT molecular complexity index is 209. The van der Waals surface area contributed by atoms with E-state index < -0.39 is 0 Å². The molecule has 0 radical (unpaired) electrons. The molecule has 0 aromatic carbocycles. The van der Waals surface area contributed by atoms with E-state index in [0.29, 0.717) is 0 Å². The molecule has 0 unspecified atom stereocenters. The van der Waals surface area contributed by atoms with Gasteiger partial charge < -0.3 is 9.47 Å². The minimum absolute atomic E-state index is 0.248. The third-order valence-corrected chi connectivity index (χ3v) is 3.33. The first-order valence-corrected chi connectivity index (χ1v) is 4.54. The number of nitrogens with two attached hydrogens (primary N) is 1. The molecule has 4 heteroatoms. The molecule has 0 atom stereocenters. The smallest absolute Gasteiger partial charge is 0.189 e. The Kier molecular flexibility index (Phi) is 1.22. The van der Waals surface area contributed by atoms with Gasteiger partial charge in [0.25, 0.3) is 0 Å². The maximum absolute atomic E-state index is 5.78. The summed E-state index contributed by atoms with van der Waals surface area (Å²) in [6.45, 7) is 3.14. The van der Waals surface area contributed by atoms with Crippen LogP contribution >= 0.6 is 0 Å². The van der Waals surface area contributed by atoms with Gasteiger partial charge in [-0.3, -0.25) is 5.84 Å². The molecule has 0 bridgehead atoms. The molecular weight excluding hydrogens is 156 g/mol. The second-order valence-corrected chi connectivity index (χ2v) is 4.14. The molecule has 2 aliphatic heterocycles. The van der Waals surface area contributed by atoms with Crippen molar-refractivity contribution in [2.75, 3.05) is 26.3 Å². The molecule has 0 aromatic heterocycles. The number of hydrogen-bond acceptors (Lipinski definition) is 4. The van der Waals surface area contributed by atoms with Crippen molar-refractivity contribution in [1.82, 2.24) is 5.01 Å². The van der Waals surface area contributed by atoms with Crippen molar-refractivity contribution in [3.05, 3.63) is 0 Å². The van der Waals surface area contributed by atoms with Gasteiger partial charge >= 0.3 is 0 Å². The second-order valence-electron chi connectivity index (χ2n) is 4.14. The van der Waals surface area contributed by atoms with Gasteiger partial charge in [-0.25, -0.2) is 5.01 Å². The van der Waals surface area contributed by atoms with Crippen LogP contribution in [0.2, 0.25) is 0 Å². The Morgan fingerprint density at radius 1 is 1.08 bits per heavy atom. The average molecular weight is 170 g/mol. The van der Waals surface area contributed by atoms with Crippen LogP contribution in [0.15, 0.2) is 0 Å². The highest BCUT2D eigenvalue weighted by molar-refractivity contribution is 5.12. The molecule has 68 valence electrons. The van der Waals surface area contributed by atoms with Crippen molar-refractivity contribution >= 4 is 0 Å². The highest BCUT2D eigenvalue weighted by atomic mass is 16.7. The summed E-state index contributed by atoms with van der Waals surface area (Å²) in [4.78, 5) is 0. The minimum atomic E-state index is -0.332. The van der Waals surface area contributed by atoms with Crippen molar-refractivity contribution in [3.8, 4) is 0 Å². The van der Waals surface area contributed by atoms with E-state index in [1.54, 1.807) is 0 Å². The predicted molar refractivity (Wildman–Crippen MR) is 42.1 cm³/mol. The number of ether oxygens (including phenoxy) is 2. The molecule has 1 saturated carbocycles. The third-order valence-electron chi connectivity index (χ3n) is 3.33. The van der Waals surface area contributed by atoms with Gasteiger partial charge in [-0.05, 0) is 12.8 Å². The summed E-state index contributed by atoms with van der Waals surface area (Å²) in [6, 6.07) is 0. The molecule has 0 amide bonds. The summed E-state index contributed by atoms with van der Waals surface area (Å²) < 4.78 is 11.4. The van der Waals surface area contributed by atoms with Crippen LogP contribution in [0.25, 0.3) is 0 Å². The van der Waals surface area contributed by atoms with E-state index in [0.717, 1.165) is 26.3 Å². The summed E-state index contributed by atoms with van der Waals surface area (Å²) in [5.74, 6) is 5.45. The summed E-state index contributed by atoms with van der Waals surface area (Å²) in [5.41, 5.74) is 0.248. The van der Waals surface area contributed by atoms with E-state index in [1.165, 1.54) is 12.8 Å². The zero-order chi connectivity index (χ0) is 8.23. The van der Waals surface area contributed by atoms with Gasteiger partial charge in [0.1, 0.15) is 0 Å². The first-order valence-electron chi connectivity index (χ1n) is 4.54. The Hall–Kier alpha value is -0.160. The fourth-order valence-corrected chi connectivity index (χ4v) is 2.54. The van der Waals surface area contributed by atoms with Crippen LogP contribution in [-0.4, -0.2) is 37.1 Å². The molecule has 4 nitrogen and oxygen atoms in total. The van der Waals surface area contributed by atoms with Gasteiger partial charge in [-0.2, -0.15) is 0 Å². The number of fused-ring (bicyclic) bond motifs is 1. The van der Waals surface area contributed by atoms with Crippen LogP contribution < -0.4 is 5.84 Å². The van der Waals surface area contributed by atoms with Crippen LogP contribution in [0.1, 0.15) is 12.8 Å². The van der Waals surface area contributed by atoms with E-state index in [2.05, 4.69) is 0 Å². The standard InChI is InChI=1S/C8H14N2O2/c9-10-5-7(1-2-7)8(6-10)11-3-4-12-8/h1-6,9H2. The van der Waals surface area contributed by atoms with Gasteiger partial charge in [0.05, 0.1) is 19.8 Å². The molecular formula is C8H14N2O2. The van der Waals surface area contributed by atoms with Crippen molar-refractivity contribution in [1.29, 1.82) is 0 Å². The zero-order valence-electron chi connectivity index (χ0n) is 7.08. The lowest BCUT2D eigenvalue weighted by atomic mass is 10.00. The normalized spacial score (nSPS) is 36.8.